The Morgan fingerprint density at radius 3 is 2.50 bits per heavy atom. The van der Waals surface area contributed by atoms with Gasteiger partial charge in [-0.3, -0.25) is 4.68 Å². The zero-order valence-electron chi connectivity index (χ0n) is 20.1. The van der Waals surface area contributed by atoms with Gasteiger partial charge in [-0.2, -0.15) is 23.4 Å². The number of aryl methyl sites for hydroxylation is 2. The predicted molar refractivity (Wildman–Crippen MR) is 129 cm³/mol. The van der Waals surface area contributed by atoms with Gasteiger partial charge in [0.1, 0.15) is 11.4 Å². The van der Waals surface area contributed by atoms with Crippen LogP contribution >= 0.6 is 0 Å². The van der Waals surface area contributed by atoms with Crippen LogP contribution in [0.1, 0.15) is 39.8 Å². The van der Waals surface area contributed by atoms with Gasteiger partial charge >= 0.3 is 12.1 Å². The quantitative estimate of drug-likeness (QED) is 0.541. The maximum absolute atomic E-state index is 13.0. The van der Waals surface area contributed by atoms with Crippen molar-refractivity contribution in [3.63, 3.8) is 0 Å². The van der Waals surface area contributed by atoms with Crippen molar-refractivity contribution in [1.82, 2.24) is 19.6 Å². The van der Waals surface area contributed by atoms with Crippen LogP contribution < -0.4 is 5.73 Å². The van der Waals surface area contributed by atoms with E-state index in [2.05, 4.69) is 20.2 Å². The first-order chi connectivity index (χ1) is 17.0. The summed E-state index contributed by atoms with van der Waals surface area (Å²) >= 11 is 0. The third-order valence-electron chi connectivity index (χ3n) is 5.62. The number of halogens is 3. The van der Waals surface area contributed by atoms with E-state index < -0.39 is 17.7 Å². The van der Waals surface area contributed by atoms with Crippen LogP contribution in [0.4, 0.5) is 19.0 Å². The largest absolute Gasteiger partial charge is 0.462 e. The molecular weight excluding hydrogens is 475 g/mol. The molecule has 0 saturated heterocycles. The van der Waals surface area contributed by atoms with Crippen molar-refractivity contribution in [3.05, 3.63) is 58.4 Å². The summed E-state index contributed by atoms with van der Waals surface area (Å²) in [6.45, 7) is 5.38. The normalized spacial score (nSPS) is 13.9. The number of rotatable bonds is 4. The maximum atomic E-state index is 13.0. The van der Waals surface area contributed by atoms with Crippen LogP contribution in [0.15, 0.2) is 40.3 Å². The van der Waals surface area contributed by atoms with Gasteiger partial charge in [-0.1, -0.05) is 12.1 Å². The Hall–Kier alpha value is -4.22. The fraction of sp³-hybridized carbons (Fsp3) is 0.292. The summed E-state index contributed by atoms with van der Waals surface area (Å²) in [6, 6.07) is 4.78. The Kier molecular flexibility index (Phi) is 6.53. The van der Waals surface area contributed by atoms with E-state index in [0.717, 1.165) is 12.1 Å². The van der Waals surface area contributed by atoms with E-state index in [1.165, 1.54) is 27.6 Å². The molecule has 0 unspecified atom stereocenters. The summed E-state index contributed by atoms with van der Waals surface area (Å²) in [5, 5.41) is 8.90. The molecule has 36 heavy (non-hydrogen) atoms. The Bertz CT molecular complexity index is 1410. The molecule has 2 aromatic heterocycles. The van der Waals surface area contributed by atoms with Crippen molar-refractivity contribution in [2.75, 3.05) is 6.61 Å². The van der Waals surface area contributed by atoms with Crippen molar-refractivity contribution >= 4 is 29.7 Å². The van der Waals surface area contributed by atoms with Crippen molar-refractivity contribution in [2.45, 2.75) is 33.4 Å². The minimum atomic E-state index is -4.43. The van der Waals surface area contributed by atoms with Crippen LogP contribution in [-0.4, -0.2) is 44.2 Å². The second kappa shape index (κ2) is 9.44. The number of ether oxygens (including phenoxy) is 1. The molecule has 9 nitrogen and oxygen atoms in total. The molecular formula is C24H24F3N7O2. The highest BCUT2D eigenvalue weighted by Crippen LogP contribution is 2.34. The molecule has 0 fully saturated rings. The Balaban J connectivity index is 1.74. The predicted octanol–water partition coefficient (Wildman–Crippen LogP) is 4.21. The van der Waals surface area contributed by atoms with Gasteiger partial charge in [-0.25, -0.2) is 19.5 Å². The molecule has 0 saturated carbocycles. The Morgan fingerprint density at radius 2 is 1.86 bits per heavy atom. The molecule has 2 N–H and O–H groups in total. The van der Waals surface area contributed by atoms with Gasteiger partial charge in [0.2, 0.25) is 0 Å². The molecule has 0 bridgehead atoms. The number of nitrogens with two attached hydrogens (primary N) is 1. The number of aromatic nitrogens is 4. The summed E-state index contributed by atoms with van der Waals surface area (Å²) in [5.74, 6) is 0.418. The smallest absolute Gasteiger partial charge is 0.416 e. The maximum Gasteiger partial charge on any atom is 0.416 e. The molecule has 1 aromatic carbocycles. The Morgan fingerprint density at radius 1 is 1.17 bits per heavy atom. The molecule has 0 amide bonds. The van der Waals surface area contributed by atoms with Crippen molar-refractivity contribution < 1.29 is 22.7 Å². The number of alkyl halides is 3. The van der Waals surface area contributed by atoms with Crippen molar-refractivity contribution in [1.29, 1.82) is 0 Å². The van der Waals surface area contributed by atoms with E-state index in [4.69, 9.17) is 10.5 Å². The van der Waals surface area contributed by atoms with Gasteiger partial charge in [-0.15, -0.1) is 0 Å². The van der Waals surface area contributed by atoms with Gasteiger partial charge in [0, 0.05) is 36.9 Å². The summed E-state index contributed by atoms with van der Waals surface area (Å²) in [4.78, 5) is 21.4. The third-order valence-corrected chi connectivity index (χ3v) is 5.62. The van der Waals surface area contributed by atoms with E-state index in [9.17, 15) is 18.0 Å². The van der Waals surface area contributed by atoms with E-state index in [1.54, 1.807) is 34.0 Å². The van der Waals surface area contributed by atoms with Gasteiger partial charge in [0.25, 0.3) is 0 Å². The molecule has 0 spiro atoms. The van der Waals surface area contributed by atoms with Crippen molar-refractivity contribution in [2.24, 2.45) is 22.8 Å². The number of fused-ring (bicyclic) bond motifs is 1. The van der Waals surface area contributed by atoms with Gasteiger partial charge in [-0.05, 0) is 32.9 Å². The van der Waals surface area contributed by atoms with Crippen LogP contribution in [0.3, 0.4) is 0 Å². The lowest BCUT2D eigenvalue weighted by Gasteiger charge is -2.07. The van der Waals surface area contributed by atoms with E-state index >= 15 is 0 Å². The molecule has 188 valence electrons. The molecule has 1 aliphatic rings. The minimum Gasteiger partial charge on any atom is -0.462 e. The number of aliphatic imine (C=N–C) groups is 2. The number of nitrogens with zero attached hydrogens (tertiary/aromatic N) is 6. The van der Waals surface area contributed by atoms with Gasteiger partial charge in [0.15, 0.2) is 11.6 Å². The second-order valence-electron chi connectivity index (χ2n) is 8.08. The first kappa shape index (κ1) is 24.9. The third kappa shape index (κ3) is 4.66. The van der Waals surface area contributed by atoms with Crippen LogP contribution in [0.25, 0.3) is 17.1 Å². The molecule has 1 aliphatic heterocycles. The first-order valence-corrected chi connectivity index (χ1v) is 11.1. The minimum absolute atomic E-state index is 0.109. The van der Waals surface area contributed by atoms with E-state index in [0.29, 0.717) is 45.4 Å². The molecule has 0 aliphatic carbocycles. The highest BCUT2D eigenvalue weighted by Gasteiger charge is 2.30. The van der Waals surface area contributed by atoms with E-state index in [-0.39, 0.29) is 18.9 Å². The summed E-state index contributed by atoms with van der Waals surface area (Å²) in [6.07, 6.45) is -1.02. The first-order valence-electron chi connectivity index (χ1n) is 11.1. The lowest BCUT2D eigenvalue weighted by Crippen LogP contribution is -2.12. The van der Waals surface area contributed by atoms with Gasteiger partial charge in [0.05, 0.1) is 29.3 Å². The lowest BCUT2D eigenvalue weighted by atomic mass is 10.0. The lowest BCUT2D eigenvalue weighted by molar-refractivity contribution is -0.137. The van der Waals surface area contributed by atoms with Crippen molar-refractivity contribution in [3.8, 4) is 11.3 Å². The van der Waals surface area contributed by atoms with Crippen LogP contribution in [0, 0.1) is 13.8 Å². The molecule has 3 aromatic rings. The molecule has 12 heteroatoms. The summed E-state index contributed by atoms with van der Waals surface area (Å²) in [5.41, 5.74) is 8.46. The van der Waals surface area contributed by atoms with Crippen LogP contribution in [0.2, 0.25) is 0 Å². The van der Waals surface area contributed by atoms with E-state index in [1.807, 2.05) is 0 Å². The molecule has 4 rings (SSSR count). The number of carbonyl (C=O) groups excluding carboxylic acids is 1. The average molecular weight is 499 g/mol. The van der Waals surface area contributed by atoms with Crippen LogP contribution in [0.5, 0.6) is 0 Å². The summed E-state index contributed by atoms with van der Waals surface area (Å²) in [7, 11) is 1.68. The number of hydrogen-bond acceptors (Lipinski definition) is 7. The molecule has 0 atom stereocenters. The number of carbonyl (C=O) groups is 1. The Labute approximate surface area is 204 Å². The second-order valence-corrected chi connectivity index (χ2v) is 8.08. The van der Waals surface area contributed by atoms with Gasteiger partial charge < -0.3 is 10.5 Å². The highest BCUT2D eigenvalue weighted by molar-refractivity contribution is 5.99. The topological polar surface area (TPSA) is 113 Å². The zero-order chi connectivity index (χ0) is 26.2. The number of amidine groups is 1. The summed E-state index contributed by atoms with van der Waals surface area (Å²) < 4.78 is 47.1. The molecule has 0 radical (unpaired) electrons. The monoisotopic (exact) mass is 499 g/mol. The van der Waals surface area contributed by atoms with Crippen LogP contribution in [-0.2, 0) is 24.4 Å². The molecule has 3 heterocycles. The SMILES string of the molecule is CCOC(=O)c1c(C)nn(C2=CC(N)=Nc3c(c(-c4ccc(C(F)(F)F)cc4)nn3C)CC=N2)c1C. The fourth-order valence-corrected chi connectivity index (χ4v) is 3.97. The number of esters is 1. The fourth-order valence-electron chi connectivity index (χ4n) is 3.97. The number of benzene rings is 1. The standard InChI is InChI=1S/C24H24F3N7O2/c1-5-36-23(35)20-13(2)31-34(14(20)3)19-12-18(28)30-22-17(10-11-29-19)21(32-33(22)4)15-6-8-16(9-7-15)24(25,26)27/h6-9,11-12H,5,10H2,1-4H3,(H2,28,30). The zero-order valence-corrected chi connectivity index (χ0v) is 20.1. The number of hydrogen-bond donors (Lipinski definition) is 1. The highest BCUT2D eigenvalue weighted by atomic mass is 19.4. The average Bonchev–Trinajstić information content (AvgIpc) is 3.30.